The lowest BCUT2D eigenvalue weighted by Crippen LogP contribution is -2.44. The lowest BCUT2D eigenvalue weighted by Gasteiger charge is -2.30. The Balaban J connectivity index is 1.60. The van der Waals surface area contributed by atoms with Crippen LogP contribution in [-0.4, -0.2) is 66.0 Å². The zero-order valence-corrected chi connectivity index (χ0v) is 14.7. The number of rotatable bonds is 5. The quantitative estimate of drug-likeness (QED) is 0.850. The average Bonchev–Trinajstić information content (AvgIpc) is 3.11. The molecule has 1 aromatic rings. The SMILES string of the molecule is CC(=O)NCc1ccc([C@H]2CCCN2C(=O)CN2CCOCC2)nc1. The van der Waals surface area contributed by atoms with Gasteiger partial charge in [0.15, 0.2) is 0 Å². The monoisotopic (exact) mass is 346 g/mol. The Bertz CT molecular complexity index is 599. The fourth-order valence-electron chi connectivity index (χ4n) is 3.38. The summed E-state index contributed by atoms with van der Waals surface area (Å²) in [5.41, 5.74) is 1.89. The van der Waals surface area contributed by atoms with Gasteiger partial charge < -0.3 is 15.0 Å². The Morgan fingerprint density at radius 3 is 2.76 bits per heavy atom. The van der Waals surface area contributed by atoms with Crippen molar-refractivity contribution in [1.82, 2.24) is 20.1 Å². The van der Waals surface area contributed by atoms with Crippen molar-refractivity contribution < 1.29 is 14.3 Å². The summed E-state index contributed by atoms with van der Waals surface area (Å²) in [5.74, 6) is 0.119. The van der Waals surface area contributed by atoms with Crippen molar-refractivity contribution in [3.8, 4) is 0 Å². The molecule has 0 aromatic carbocycles. The summed E-state index contributed by atoms with van der Waals surface area (Å²) in [6.45, 7) is 6.28. The maximum absolute atomic E-state index is 12.7. The molecule has 7 nitrogen and oxygen atoms in total. The topological polar surface area (TPSA) is 74.8 Å². The number of carbonyl (C=O) groups excluding carboxylic acids is 2. The minimum Gasteiger partial charge on any atom is -0.379 e. The lowest BCUT2D eigenvalue weighted by atomic mass is 10.1. The second-order valence-corrected chi connectivity index (χ2v) is 6.63. The summed E-state index contributed by atoms with van der Waals surface area (Å²) in [5, 5.41) is 2.76. The number of amides is 2. The maximum Gasteiger partial charge on any atom is 0.237 e. The van der Waals surface area contributed by atoms with Crippen molar-refractivity contribution in [2.75, 3.05) is 39.4 Å². The number of ether oxygens (including phenoxy) is 1. The van der Waals surface area contributed by atoms with Crippen LogP contribution in [0, 0.1) is 0 Å². The van der Waals surface area contributed by atoms with Gasteiger partial charge in [-0.15, -0.1) is 0 Å². The van der Waals surface area contributed by atoms with E-state index in [1.807, 2.05) is 17.0 Å². The molecule has 136 valence electrons. The summed E-state index contributed by atoms with van der Waals surface area (Å²) in [6.07, 6.45) is 3.75. The van der Waals surface area contributed by atoms with Gasteiger partial charge in [0.2, 0.25) is 11.8 Å². The van der Waals surface area contributed by atoms with E-state index in [1.54, 1.807) is 6.20 Å². The fourth-order valence-corrected chi connectivity index (χ4v) is 3.38. The largest absolute Gasteiger partial charge is 0.379 e. The van der Waals surface area contributed by atoms with Gasteiger partial charge in [-0.25, -0.2) is 0 Å². The number of nitrogens with one attached hydrogen (secondary N) is 1. The third kappa shape index (κ3) is 4.76. The van der Waals surface area contributed by atoms with E-state index < -0.39 is 0 Å². The van der Waals surface area contributed by atoms with Crippen LogP contribution in [0.25, 0.3) is 0 Å². The molecule has 2 aliphatic rings. The number of hydrogen-bond donors (Lipinski definition) is 1. The van der Waals surface area contributed by atoms with Crippen molar-refractivity contribution >= 4 is 11.8 Å². The Kier molecular flexibility index (Phi) is 5.99. The molecule has 25 heavy (non-hydrogen) atoms. The van der Waals surface area contributed by atoms with Gasteiger partial charge in [-0.3, -0.25) is 19.5 Å². The third-order valence-corrected chi connectivity index (χ3v) is 4.77. The molecule has 2 saturated heterocycles. The van der Waals surface area contributed by atoms with E-state index in [-0.39, 0.29) is 17.9 Å². The van der Waals surface area contributed by atoms with Gasteiger partial charge in [-0.1, -0.05) is 6.07 Å². The van der Waals surface area contributed by atoms with Gasteiger partial charge in [-0.2, -0.15) is 0 Å². The molecule has 1 aromatic heterocycles. The number of pyridine rings is 1. The summed E-state index contributed by atoms with van der Waals surface area (Å²) < 4.78 is 5.34. The molecule has 2 amide bonds. The molecule has 0 saturated carbocycles. The van der Waals surface area contributed by atoms with Gasteiger partial charge in [0.05, 0.1) is 31.5 Å². The minimum absolute atomic E-state index is 0.0558. The summed E-state index contributed by atoms with van der Waals surface area (Å²) in [4.78, 5) is 32.4. The van der Waals surface area contributed by atoms with Crippen LogP contribution in [0.4, 0.5) is 0 Å². The van der Waals surface area contributed by atoms with Gasteiger partial charge in [0, 0.05) is 39.3 Å². The molecule has 0 bridgehead atoms. The summed E-state index contributed by atoms with van der Waals surface area (Å²) >= 11 is 0. The molecule has 0 unspecified atom stereocenters. The van der Waals surface area contributed by atoms with Crippen LogP contribution < -0.4 is 5.32 Å². The lowest BCUT2D eigenvalue weighted by molar-refractivity contribution is -0.134. The second-order valence-electron chi connectivity index (χ2n) is 6.63. The van der Waals surface area contributed by atoms with E-state index in [2.05, 4.69) is 15.2 Å². The van der Waals surface area contributed by atoms with Crippen molar-refractivity contribution in [2.24, 2.45) is 0 Å². The number of likely N-dealkylation sites (tertiary alicyclic amines) is 1. The third-order valence-electron chi connectivity index (χ3n) is 4.77. The zero-order chi connectivity index (χ0) is 17.6. The van der Waals surface area contributed by atoms with Gasteiger partial charge >= 0.3 is 0 Å². The number of nitrogens with zero attached hydrogens (tertiary/aromatic N) is 3. The molecule has 0 aliphatic carbocycles. The standard InChI is InChI=1S/C18H26N4O3/c1-14(23)19-11-15-4-5-16(20-12-15)17-3-2-6-22(17)18(24)13-21-7-9-25-10-8-21/h4-5,12,17H,2-3,6-11,13H2,1H3,(H,19,23)/t17-/m1/s1. The van der Waals surface area contributed by atoms with E-state index in [9.17, 15) is 9.59 Å². The predicted molar refractivity (Wildman–Crippen MR) is 92.7 cm³/mol. The highest BCUT2D eigenvalue weighted by molar-refractivity contribution is 5.79. The molecule has 0 spiro atoms. The Morgan fingerprint density at radius 1 is 1.28 bits per heavy atom. The molecular formula is C18H26N4O3. The smallest absolute Gasteiger partial charge is 0.237 e. The van der Waals surface area contributed by atoms with Crippen molar-refractivity contribution in [3.05, 3.63) is 29.6 Å². The number of aromatic nitrogens is 1. The van der Waals surface area contributed by atoms with Gasteiger partial charge in [0.1, 0.15) is 0 Å². The Morgan fingerprint density at radius 2 is 2.08 bits per heavy atom. The van der Waals surface area contributed by atoms with E-state index in [0.29, 0.717) is 26.3 Å². The van der Waals surface area contributed by atoms with Crippen molar-refractivity contribution in [3.63, 3.8) is 0 Å². The highest BCUT2D eigenvalue weighted by atomic mass is 16.5. The average molecular weight is 346 g/mol. The molecule has 0 radical (unpaired) electrons. The number of morpholine rings is 1. The first-order chi connectivity index (χ1) is 12.1. The maximum atomic E-state index is 12.7. The first kappa shape index (κ1) is 17.8. The molecule has 2 fully saturated rings. The van der Waals surface area contributed by atoms with E-state index in [0.717, 1.165) is 43.7 Å². The molecule has 1 N–H and O–H groups in total. The normalized spacial score (nSPS) is 21.3. The van der Waals surface area contributed by atoms with Gasteiger partial charge in [-0.05, 0) is 24.5 Å². The molecule has 7 heteroatoms. The summed E-state index contributed by atoms with van der Waals surface area (Å²) in [7, 11) is 0. The highest BCUT2D eigenvalue weighted by Gasteiger charge is 2.31. The molecule has 1 atom stereocenters. The van der Waals surface area contributed by atoms with Crippen molar-refractivity contribution in [1.29, 1.82) is 0 Å². The van der Waals surface area contributed by atoms with Crippen molar-refractivity contribution in [2.45, 2.75) is 32.4 Å². The van der Waals surface area contributed by atoms with Crippen LogP contribution >= 0.6 is 0 Å². The first-order valence-electron chi connectivity index (χ1n) is 8.92. The fraction of sp³-hybridized carbons (Fsp3) is 0.611. The van der Waals surface area contributed by atoms with E-state index in [4.69, 9.17) is 4.74 Å². The Hall–Kier alpha value is -1.99. The highest BCUT2D eigenvalue weighted by Crippen LogP contribution is 2.30. The molecule has 3 heterocycles. The first-order valence-corrected chi connectivity index (χ1v) is 8.92. The number of hydrogen-bond acceptors (Lipinski definition) is 5. The van der Waals surface area contributed by atoms with Crippen LogP contribution in [-0.2, 0) is 20.9 Å². The predicted octanol–water partition coefficient (Wildman–Crippen LogP) is 0.713. The Labute approximate surface area is 148 Å². The number of carbonyl (C=O) groups is 2. The summed E-state index contributed by atoms with van der Waals surface area (Å²) in [6, 6.07) is 4.01. The molecule has 3 rings (SSSR count). The molecule has 2 aliphatic heterocycles. The van der Waals surface area contributed by atoms with Crippen LogP contribution in [0.3, 0.4) is 0 Å². The minimum atomic E-state index is -0.0558. The van der Waals surface area contributed by atoms with E-state index in [1.165, 1.54) is 6.92 Å². The van der Waals surface area contributed by atoms with Crippen LogP contribution in [0.15, 0.2) is 18.3 Å². The van der Waals surface area contributed by atoms with E-state index >= 15 is 0 Å². The zero-order valence-electron chi connectivity index (χ0n) is 14.7. The van der Waals surface area contributed by atoms with Gasteiger partial charge in [0.25, 0.3) is 0 Å². The molecular weight excluding hydrogens is 320 g/mol. The van der Waals surface area contributed by atoms with Crippen LogP contribution in [0.1, 0.15) is 37.1 Å². The van der Waals surface area contributed by atoms with Crippen LogP contribution in [0.5, 0.6) is 0 Å². The second kappa shape index (κ2) is 8.40. The van der Waals surface area contributed by atoms with Crippen LogP contribution in [0.2, 0.25) is 0 Å².